The SMILES string of the molecule is Cc1cccc(C)c1-c1cc2nc(n1)NS(=O)(=O)c1cccc(c1)C(=O)N(C1CC3(C1)CC(C(C)(C)O)C3)[C@H](CCC(C)(C)C)CO2. The maximum absolute atomic E-state index is 14.5. The molecule has 2 fully saturated rings. The lowest BCUT2D eigenvalue weighted by Gasteiger charge is -2.62. The fourth-order valence-electron chi connectivity index (χ4n) is 7.68. The topological polar surface area (TPSA) is 122 Å². The lowest BCUT2D eigenvalue weighted by atomic mass is 9.47. The van der Waals surface area contributed by atoms with Crippen molar-refractivity contribution in [1.82, 2.24) is 14.9 Å². The van der Waals surface area contributed by atoms with Gasteiger partial charge in [0.25, 0.3) is 15.9 Å². The molecule has 6 rings (SSSR count). The van der Waals surface area contributed by atoms with E-state index in [-0.39, 0.29) is 58.1 Å². The lowest BCUT2D eigenvalue weighted by Crippen LogP contribution is -2.62. The molecule has 3 aromatic rings. The van der Waals surface area contributed by atoms with Crippen LogP contribution in [0.5, 0.6) is 5.88 Å². The molecule has 2 aliphatic carbocycles. The zero-order valence-corrected chi connectivity index (χ0v) is 29.4. The Bertz CT molecular complexity index is 1760. The maximum atomic E-state index is 14.5. The van der Waals surface area contributed by atoms with E-state index < -0.39 is 15.6 Å². The van der Waals surface area contributed by atoms with Gasteiger partial charge < -0.3 is 14.7 Å². The largest absolute Gasteiger partial charge is 0.475 e. The molecule has 2 heterocycles. The number of aryl methyl sites for hydroxylation is 2. The number of hydrogen-bond donors (Lipinski definition) is 2. The first-order chi connectivity index (χ1) is 21.9. The predicted octanol–water partition coefficient (Wildman–Crippen LogP) is 6.92. The van der Waals surface area contributed by atoms with Crippen LogP contribution in [-0.2, 0) is 10.0 Å². The van der Waals surface area contributed by atoms with Crippen LogP contribution >= 0.6 is 0 Å². The van der Waals surface area contributed by atoms with Gasteiger partial charge >= 0.3 is 0 Å². The Labute approximate surface area is 279 Å². The third-order valence-electron chi connectivity index (χ3n) is 10.4. The van der Waals surface area contributed by atoms with Crippen LogP contribution < -0.4 is 9.46 Å². The van der Waals surface area contributed by atoms with Gasteiger partial charge in [0.15, 0.2) is 0 Å². The first-order valence-corrected chi connectivity index (χ1v) is 18.2. The number of rotatable bonds is 5. The molecule has 252 valence electrons. The third-order valence-corrected chi connectivity index (χ3v) is 11.8. The average molecular weight is 661 g/mol. The van der Waals surface area contributed by atoms with Crippen LogP contribution in [0.25, 0.3) is 11.3 Å². The molecule has 1 spiro atoms. The van der Waals surface area contributed by atoms with Crippen molar-refractivity contribution < 1.29 is 23.1 Å². The van der Waals surface area contributed by atoms with Crippen LogP contribution in [-0.4, -0.2) is 58.6 Å². The van der Waals surface area contributed by atoms with Crippen molar-refractivity contribution in [2.24, 2.45) is 16.7 Å². The minimum atomic E-state index is -4.13. The van der Waals surface area contributed by atoms with Gasteiger partial charge in [0, 0.05) is 23.2 Å². The van der Waals surface area contributed by atoms with Gasteiger partial charge in [-0.2, -0.15) is 4.98 Å². The Morgan fingerprint density at radius 3 is 2.28 bits per heavy atom. The summed E-state index contributed by atoms with van der Waals surface area (Å²) in [4.78, 5) is 25.6. The summed E-state index contributed by atoms with van der Waals surface area (Å²) in [5.41, 5.74) is 3.19. The number of amides is 1. The maximum Gasteiger partial charge on any atom is 0.264 e. The highest BCUT2D eigenvalue weighted by Crippen LogP contribution is 2.62. The Morgan fingerprint density at radius 1 is 0.979 bits per heavy atom. The summed E-state index contributed by atoms with van der Waals surface area (Å²) in [6, 6.07) is 13.7. The second-order valence-electron chi connectivity index (χ2n) is 15.9. The van der Waals surface area contributed by atoms with Crippen molar-refractivity contribution in [1.29, 1.82) is 0 Å². The molecule has 2 saturated carbocycles. The number of aromatic nitrogens is 2. The number of anilines is 1. The van der Waals surface area contributed by atoms with E-state index in [1.807, 2.05) is 50.8 Å². The van der Waals surface area contributed by atoms with Gasteiger partial charge in [-0.25, -0.2) is 18.1 Å². The highest BCUT2D eigenvalue weighted by atomic mass is 32.2. The van der Waals surface area contributed by atoms with Gasteiger partial charge in [-0.15, -0.1) is 0 Å². The van der Waals surface area contributed by atoms with E-state index in [9.17, 15) is 18.3 Å². The van der Waals surface area contributed by atoms with Gasteiger partial charge in [0.05, 0.1) is 22.2 Å². The summed E-state index contributed by atoms with van der Waals surface area (Å²) in [7, 11) is -4.13. The van der Waals surface area contributed by atoms with E-state index in [0.717, 1.165) is 48.8 Å². The van der Waals surface area contributed by atoms with Crippen LogP contribution in [0.2, 0.25) is 0 Å². The zero-order valence-electron chi connectivity index (χ0n) is 28.6. The molecule has 1 aromatic heterocycles. The van der Waals surface area contributed by atoms with Crippen molar-refractivity contribution in [2.75, 3.05) is 11.3 Å². The number of aliphatic hydroxyl groups is 1. The standard InChI is InChI=1S/C37H48N4O5S/c1-23-10-8-11-24(2)32(23)30-17-31-39-34(38-30)40-47(44,45)29-13-9-12-25(16-29)33(42)41(27(22-46-31)14-15-35(3,4)5)28-20-37(21-28)18-26(19-37)36(6,7)43/h8-13,16-17,26-28,43H,14-15,18-22H2,1-7H3,(H,38,39,40)/t26?,27-,28?,37?/m1/s1. The minimum absolute atomic E-state index is 0.0199. The highest BCUT2D eigenvalue weighted by molar-refractivity contribution is 7.92. The number of ether oxygens (including phenoxy) is 1. The van der Waals surface area contributed by atoms with Crippen molar-refractivity contribution in [3.8, 4) is 17.1 Å². The van der Waals surface area contributed by atoms with Crippen molar-refractivity contribution >= 4 is 21.9 Å². The van der Waals surface area contributed by atoms with Gasteiger partial charge in [0.1, 0.15) is 6.61 Å². The van der Waals surface area contributed by atoms with E-state index in [1.54, 1.807) is 18.2 Å². The predicted molar refractivity (Wildman–Crippen MR) is 183 cm³/mol. The van der Waals surface area contributed by atoms with Crippen molar-refractivity contribution in [3.05, 3.63) is 65.2 Å². The number of nitrogens with one attached hydrogen (secondary N) is 1. The van der Waals surface area contributed by atoms with Gasteiger partial charge in [0.2, 0.25) is 11.8 Å². The zero-order chi connectivity index (χ0) is 33.9. The molecule has 2 aromatic carbocycles. The summed E-state index contributed by atoms with van der Waals surface area (Å²) in [6.45, 7) is 14.5. The van der Waals surface area contributed by atoms with Crippen LogP contribution in [0, 0.1) is 30.6 Å². The second-order valence-corrected chi connectivity index (χ2v) is 17.6. The first-order valence-electron chi connectivity index (χ1n) is 16.7. The minimum Gasteiger partial charge on any atom is -0.475 e. The van der Waals surface area contributed by atoms with Crippen LogP contribution in [0.4, 0.5) is 5.95 Å². The lowest BCUT2D eigenvalue weighted by molar-refractivity contribution is -0.146. The van der Waals surface area contributed by atoms with Crippen molar-refractivity contribution in [2.45, 2.75) is 110 Å². The molecule has 4 bridgehead atoms. The Hall–Kier alpha value is -3.50. The monoisotopic (exact) mass is 660 g/mol. The number of hydrogen-bond acceptors (Lipinski definition) is 7. The number of sulfonamides is 1. The van der Waals surface area contributed by atoms with Crippen LogP contribution in [0.3, 0.4) is 0 Å². The molecule has 47 heavy (non-hydrogen) atoms. The number of benzene rings is 2. The van der Waals surface area contributed by atoms with E-state index in [1.165, 1.54) is 12.1 Å². The Balaban J connectivity index is 1.42. The summed E-state index contributed by atoms with van der Waals surface area (Å²) in [6.07, 6.45) is 5.17. The van der Waals surface area contributed by atoms with Gasteiger partial charge in [-0.3, -0.25) is 4.79 Å². The average Bonchev–Trinajstić information content (AvgIpc) is 2.92. The van der Waals surface area contributed by atoms with Gasteiger partial charge in [-0.05, 0) is 112 Å². The molecule has 0 unspecified atom stereocenters. The summed E-state index contributed by atoms with van der Waals surface area (Å²) >= 11 is 0. The molecule has 1 aliphatic heterocycles. The molecular formula is C37H48N4O5S. The Kier molecular flexibility index (Phi) is 8.44. The fourth-order valence-corrected chi connectivity index (χ4v) is 8.67. The molecule has 2 N–H and O–H groups in total. The van der Waals surface area contributed by atoms with E-state index >= 15 is 0 Å². The second kappa shape index (κ2) is 11.9. The summed E-state index contributed by atoms with van der Waals surface area (Å²) in [5.74, 6) is 0.204. The van der Waals surface area contributed by atoms with Gasteiger partial charge in [-0.1, -0.05) is 45.0 Å². The van der Waals surface area contributed by atoms with Crippen LogP contribution in [0.1, 0.15) is 94.6 Å². The fraction of sp³-hybridized carbons (Fsp3) is 0.541. The number of nitrogens with zero attached hydrogens (tertiary/aromatic N) is 3. The van der Waals surface area contributed by atoms with E-state index in [2.05, 4.69) is 35.5 Å². The summed E-state index contributed by atoms with van der Waals surface area (Å²) in [5, 5.41) is 10.6. The molecule has 10 heteroatoms. The molecule has 3 aliphatic rings. The first kappa shape index (κ1) is 33.4. The molecule has 1 amide bonds. The quantitative estimate of drug-likeness (QED) is 0.305. The van der Waals surface area contributed by atoms with Crippen molar-refractivity contribution in [3.63, 3.8) is 0 Å². The van der Waals surface area contributed by atoms with E-state index in [0.29, 0.717) is 17.7 Å². The highest BCUT2D eigenvalue weighted by Gasteiger charge is 2.58. The number of carbonyl (C=O) groups is 1. The van der Waals surface area contributed by atoms with Crippen LogP contribution in [0.15, 0.2) is 53.4 Å². The molecule has 1 atom stereocenters. The number of carbonyl (C=O) groups excluding carboxylic acids is 1. The summed E-state index contributed by atoms with van der Waals surface area (Å²) < 4.78 is 36.4. The molecular weight excluding hydrogens is 612 g/mol. The van der Waals surface area contributed by atoms with E-state index in [4.69, 9.17) is 4.74 Å². The Morgan fingerprint density at radius 2 is 1.64 bits per heavy atom. The molecule has 0 saturated heterocycles. The smallest absolute Gasteiger partial charge is 0.264 e. The molecule has 9 nitrogen and oxygen atoms in total. The molecule has 0 radical (unpaired) electrons. The number of fused-ring (bicyclic) bond motifs is 4. The third kappa shape index (κ3) is 6.90. The normalized spacial score (nSPS) is 25.7.